The van der Waals surface area contributed by atoms with Crippen LogP contribution < -0.4 is 0 Å². The van der Waals surface area contributed by atoms with Gasteiger partial charge in [0.2, 0.25) is 5.91 Å². The molecule has 0 bridgehead atoms. The standard InChI is InChI=1S/C12H14F3NO3/c1-2-19-10(18)11-4-3-9(17)16(11)7-8(5-11)6-12(13,14)15/h6H,2-5,7H2,1H3/b8-6-. The molecule has 0 aromatic rings. The maximum absolute atomic E-state index is 12.4. The third kappa shape index (κ3) is 2.46. The summed E-state index contributed by atoms with van der Waals surface area (Å²) < 4.78 is 42.0. The Hall–Kier alpha value is -1.53. The Bertz CT molecular complexity index is 444. The van der Waals surface area contributed by atoms with Crippen LogP contribution in [0.5, 0.6) is 0 Å². The molecule has 0 aromatic carbocycles. The first-order valence-corrected chi connectivity index (χ1v) is 6.03. The zero-order chi connectivity index (χ0) is 14.3. The van der Waals surface area contributed by atoms with E-state index in [4.69, 9.17) is 4.74 Å². The summed E-state index contributed by atoms with van der Waals surface area (Å²) in [6.45, 7) is 1.62. The number of alkyl halides is 3. The van der Waals surface area contributed by atoms with Crippen LogP contribution in [0.15, 0.2) is 11.6 Å². The lowest BCUT2D eigenvalue weighted by Crippen LogP contribution is -2.48. The van der Waals surface area contributed by atoms with Crippen LogP contribution >= 0.6 is 0 Å². The first kappa shape index (κ1) is 13.9. The molecule has 0 spiro atoms. The van der Waals surface area contributed by atoms with Crippen LogP contribution in [0.4, 0.5) is 13.2 Å². The van der Waals surface area contributed by atoms with Gasteiger partial charge in [0.05, 0.1) is 6.61 Å². The third-order valence-electron chi connectivity index (χ3n) is 3.47. The topological polar surface area (TPSA) is 46.6 Å². The highest BCUT2D eigenvalue weighted by Gasteiger charge is 2.56. The van der Waals surface area contributed by atoms with E-state index in [1.165, 1.54) is 4.90 Å². The number of esters is 1. The minimum absolute atomic E-state index is 0.0496. The molecule has 0 aliphatic carbocycles. The number of allylic oxidation sites excluding steroid dienone is 1. The Morgan fingerprint density at radius 3 is 2.79 bits per heavy atom. The van der Waals surface area contributed by atoms with E-state index in [0.29, 0.717) is 0 Å². The summed E-state index contributed by atoms with van der Waals surface area (Å²) >= 11 is 0. The van der Waals surface area contributed by atoms with E-state index in [9.17, 15) is 22.8 Å². The lowest BCUT2D eigenvalue weighted by molar-refractivity contribution is -0.157. The zero-order valence-corrected chi connectivity index (χ0v) is 10.4. The molecule has 4 nitrogen and oxygen atoms in total. The molecular formula is C12H14F3NO3. The summed E-state index contributed by atoms with van der Waals surface area (Å²) in [5.74, 6) is -0.898. The molecule has 0 radical (unpaired) electrons. The van der Waals surface area contributed by atoms with Crippen molar-refractivity contribution in [3.05, 3.63) is 11.6 Å². The van der Waals surface area contributed by atoms with Crippen molar-refractivity contribution in [1.29, 1.82) is 0 Å². The van der Waals surface area contributed by atoms with Crippen molar-refractivity contribution < 1.29 is 27.5 Å². The summed E-state index contributed by atoms with van der Waals surface area (Å²) in [5.41, 5.74) is -1.17. The van der Waals surface area contributed by atoms with Crippen LogP contribution in [0, 0.1) is 0 Å². The van der Waals surface area contributed by atoms with Crippen LogP contribution in [0.3, 0.4) is 0 Å². The molecule has 2 saturated heterocycles. The number of hydrogen-bond donors (Lipinski definition) is 0. The third-order valence-corrected chi connectivity index (χ3v) is 3.47. The molecule has 7 heteroatoms. The van der Waals surface area contributed by atoms with Crippen LogP contribution in [0.1, 0.15) is 26.2 Å². The minimum atomic E-state index is -4.44. The van der Waals surface area contributed by atoms with E-state index in [0.717, 1.165) is 0 Å². The van der Waals surface area contributed by atoms with Crippen LogP contribution in [-0.2, 0) is 14.3 Å². The smallest absolute Gasteiger partial charge is 0.409 e. The van der Waals surface area contributed by atoms with Crippen molar-refractivity contribution in [3.8, 4) is 0 Å². The van der Waals surface area contributed by atoms with Gasteiger partial charge in [0.1, 0.15) is 5.54 Å². The lowest BCUT2D eigenvalue weighted by atomic mass is 9.92. The summed E-state index contributed by atoms with van der Waals surface area (Å²) in [7, 11) is 0. The van der Waals surface area contributed by atoms with Crippen LogP contribution in [0.25, 0.3) is 0 Å². The van der Waals surface area contributed by atoms with E-state index in [1.54, 1.807) is 6.92 Å². The van der Waals surface area contributed by atoms with Gasteiger partial charge in [-0.15, -0.1) is 0 Å². The molecular weight excluding hydrogens is 263 g/mol. The summed E-state index contributed by atoms with van der Waals surface area (Å²) in [4.78, 5) is 24.9. The molecule has 0 N–H and O–H groups in total. The van der Waals surface area contributed by atoms with Gasteiger partial charge in [-0.3, -0.25) is 4.79 Å². The largest absolute Gasteiger partial charge is 0.464 e. The quantitative estimate of drug-likeness (QED) is 0.571. The van der Waals surface area contributed by atoms with Crippen molar-refractivity contribution in [2.75, 3.05) is 13.2 Å². The second kappa shape index (κ2) is 4.54. The van der Waals surface area contributed by atoms with Gasteiger partial charge in [-0.1, -0.05) is 0 Å². The number of carbonyl (C=O) groups excluding carboxylic acids is 2. The monoisotopic (exact) mass is 277 g/mol. The average molecular weight is 277 g/mol. The summed E-state index contributed by atoms with van der Waals surface area (Å²) in [5, 5.41) is 0. The van der Waals surface area contributed by atoms with E-state index in [2.05, 4.69) is 0 Å². The van der Waals surface area contributed by atoms with Crippen molar-refractivity contribution in [2.45, 2.75) is 37.9 Å². The molecule has 106 valence electrons. The van der Waals surface area contributed by atoms with E-state index in [-0.39, 0.29) is 50.0 Å². The van der Waals surface area contributed by atoms with Gasteiger partial charge in [-0.05, 0) is 18.9 Å². The number of nitrogens with zero attached hydrogens (tertiary/aromatic N) is 1. The van der Waals surface area contributed by atoms with Crippen molar-refractivity contribution in [1.82, 2.24) is 4.90 Å². The Morgan fingerprint density at radius 1 is 1.53 bits per heavy atom. The van der Waals surface area contributed by atoms with Gasteiger partial charge in [-0.25, -0.2) is 4.79 Å². The second-order valence-corrected chi connectivity index (χ2v) is 4.75. The van der Waals surface area contributed by atoms with Gasteiger partial charge in [0.15, 0.2) is 0 Å². The number of fused-ring (bicyclic) bond motifs is 1. The number of amides is 1. The maximum atomic E-state index is 12.4. The van der Waals surface area contributed by atoms with Gasteiger partial charge in [-0.2, -0.15) is 13.2 Å². The Kier molecular flexibility index (Phi) is 3.32. The highest BCUT2D eigenvalue weighted by molar-refractivity contribution is 5.93. The fourth-order valence-electron chi connectivity index (χ4n) is 2.76. The highest BCUT2D eigenvalue weighted by atomic mass is 19.4. The zero-order valence-electron chi connectivity index (χ0n) is 10.4. The van der Waals surface area contributed by atoms with E-state index < -0.39 is 17.7 Å². The molecule has 1 amide bonds. The molecule has 2 rings (SSSR count). The number of hydrogen-bond acceptors (Lipinski definition) is 3. The second-order valence-electron chi connectivity index (χ2n) is 4.75. The highest BCUT2D eigenvalue weighted by Crippen LogP contribution is 2.43. The molecule has 2 aliphatic rings. The summed E-state index contributed by atoms with van der Waals surface area (Å²) in [6, 6.07) is 0. The first-order valence-electron chi connectivity index (χ1n) is 6.03. The summed E-state index contributed by atoms with van der Waals surface area (Å²) in [6.07, 6.45) is -3.94. The molecule has 2 fully saturated rings. The lowest BCUT2D eigenvalue weighted by Gasteiger charge is -2.28. The first-order chi connectivity index (χ1) is 8.78. The van der Waals surface area contributed by atoms with Crippen LogP contribution in [0.2, 0.25) is 0 Å². The Labute approximate surface area is 108 Å². The average Bonchev–Trinajstić information content (AvgIpc) is 2.76. The number of rotatable bonds is 2. The minimum Gasteiger partial charge on any atom is -0.464 e. The van der Waals surface area contributed by atoms with E-state index >= 15 is 0 Å². The van der Waals surface area contributed by atoms with Gasteiger partial charge in [0.25, 0.3) is 0 Å². The number of ether oxygens (including phenoxy) is 1. The molecule has 0 aromatic heterocycles. The van der Waals surface area contributed by atoms with Gasteiger partial charge < -0.3 is 9.64 Å². The molecule has 1 unspecified atom stereocenters. The van der Waals surface area contributed by atoms with Crippen molar-refractivity contribution >= 4 is 11.9 Å². The predicted octanol–water partition coefficient (Wildman–Crippen LogP) is 1.80. The van der Waals surface area contributed by atoms with Crippen molar-refractivity contribution in [2.24, 2.45) is 0 Å². The van der Waals surface area contributed by atoms with Gasteiger partial charge >= 0.3 is 12.1 Å². The number of halogens is 3. The Morgan fingerprint density at radius 2 is 2.21 bits per heavy atom. The molecule has 1 atom stereocenters. The maximum Gasteiger partial charge on any atom is 0.409 e. The SMILES string of the molecule is CCOC(=O)C12CCC(=O)N1C/C(=C\C(F)(F)F)C2. The molecule has 2 heterocycles. The fraction of sp³-hybridized carbons (Fsp3) is 0.667. The predicted molar refractivity (Wildman–Crippen MR) is 59.1 cm³/mol. The fourth-order valence-corrected chi connectivity index (χ4v) is 2.76. The van der Waals surface area contributed by atoms with Crippen LogP contribution in [-0.4, -0.2) is 41.6 Å². The van der Waals surface area contributed by atoms with Crippen molar-refractivity contribution in [3.63, 3.8) is 0 Å². The van der Waals surface area contributed by atoms with Gasteiger partial charge in [0, 0.05) is 25.5 Å². The number of carbonyl (C=O) groups is 2. The molecule has 19 heavy (non-hydrogen) atoms. The molecule has 0 saturated carbocycles. The Balaban J connectivity index is 2.29. The van der Waals surface area contributed by atoms with E-state index in [1.807, 2.05) is 0 Å². The normalized spacial score (nSPS) is 28.9. The molecule has 2 aliphatic heterocycles.